The molecule has 0 atom stereocenters. The van der Waals surface area contributed by atoms with Crippen LogP contribution in [0.15, 0.2) is 36.7 Å². The molecule has 0 fully saturated rings. The minimum atomic E-state index is -4.33. The van der Waals surface area contributed by atoms with E-state index in [0.717, 1.165) is 37.9 Å². The van der Waals surface area contributed by atoms with Gasteiger partial charge >= 0.3 is 6.18 Å². The monoisotopic (exact) mass is 324 g/mol. The van der Waals surface area contributed by atoms with E-state index in [1.807, 2.05) is 0 Å². The number of nitrogens with zero attached hydrogens (tertiary/aromatic N) is 2. The van der Waals surface area contributed by atoms with Crippen molar-refractivity contribution in [2.24, 2.45) is 0 Å². The molecule has 4 nitrogen and oxygen atoms in total. The summed E-state index contributed by atoms with van der Waals surface area (Å²) < 4.78 is 37.6. The van der Waals surface area contributed by atoms with Crippen LogP contribution in [0.25, 0.3) is 0 Å². The van der Waals surface area contributed by atoms with E-state index in [1.165, 1.54) is 18.5 Å². The Kier molecular flexibility index (Phi) is 5.78. The normalized spacial score (nSPS) is 11.3. The van der Waals surface area contributed by atoms with Crippen LogP contribution in [0.5, 0.6) is 0 Å². The molecule has 0 aliphatic carbocycles. The third kappa shape index (κ3) is 5.43. The summed E-state index contributed by atoms with van der Waals surface area (Å²) in [5.41, 5.74) is -0.141. The fourth-order valence-electron chi connectivity index (χ4n) is 2.00. The average Bonchev–Trinajstić information content (AvgIpc) is 2.52. The van der Waals surface area contributed by atoms with Crippen LogP contribution in [0.4, 0.5) is 30.5 Å². The predicted octanol–water partition coefficient (Wildman–Crippen LogP) is 4.84. The lowest BCUT2D eigenvalue weighted by Crippen LogP contribution is -2.05. The summed E-state index contributed by atoms with van der Waals surface area (Å²) in [7, 11) is 0. The molecule has 7 heteroatoms. The fourth-order valence-corrected chi connectivity index (χ4v) is 2.00. The molecule has 2 N–H and O–H groups in total. The van der Waals surface area contributed by atoms with Gasteiger partial charge in [0.2, 0.25) is 0 Å². The van der Waals surface area contributed by atoms with Crippen LogP contribution in [0, 0.1) is 0 Å². The maximum atomic E-state index is 12.5. The summed E-state index contributed by atoms with van der Waals surface area (Å²) in [4.78, 5) is 8.18. The van der Waals surface area contributed by atoms with Crippen molar-refractivity contribution in [1.29, 1.82) is 0 Å². The number of alkyl halides is 3. The van der Waals surface area contributed by atoms with Crippen molar-refractivity contribution < 1.29 is 13.2 Å². The number of unbranched alkanes of at least 4 members (excludes halogenated alkanes) is 2. The number of nitrogens with one attached hydrogen (secondary N) is 2. The van der Waals surface area contributed by atoms with Crippen molar-refractivity contribution in [1.82, 2.24) is 9.97 Å². The van der Waals surface area contributed by atoms with Gasteiger partial charge in [-0.3, -0.25) is 0 Å². The van der Waals surface area contributed by atoms with Crippen molar-refractivity contribution in [2.75, 3.05) is 17.2 Å². The molecule has 0 amide bonds. The van der Waals surface area contributed by atoms with Crippen LogP contribution in [-0.4, -0.2) is 16.5 Å². The molecule has 0 unspecified atom stereocenters. The first-order chi connectivity index (χ1) is 11.0. The smallest absolute Gasteiger partial charge is 0.370 e. The predicted molar refractivity (Wildman–Crippen MR) is 84.8 cm³/mol. The molecule has 0 saturated heterocycles. The molecule has 0 saturated carbocycles. The molecule has 0 bridgehead atoms. The van der Waals surface area contributed by atoms with Crippen molar-refractivity contribution in [2.45, 2.75) is 32.4 Å². The van der Waals surface area contributed by atoms with Crippen LogP contribution in [0.2, 0.25) is 0 Å². The van der Waals surface area contributed by atoms with Gasteiger partial charge in [-0.25, -0.2) is 9.97 Å². The van der Waals surface area contributed by atoms with Gasteiger partial charge in [0.05, 0.1) is 5.56 Å². The first kappa shape index (κ1) is 17.1. The van der Waals surface area contributed by atoms with Crippen LogP contribution in [0.1, 0.15) is 31.7 Å². The van der Waals surface area contributed by atoms with E-state index in [-0.39, 0.29) is 0 Å². The number of hydrogen-bond acceptors (Lipinski definition) is 4. The Hall–Kier alpha value is -2.31. The average molecular weight is 324 g/mol. The highest BCUT2D eigenvalue weighted by atomic mass is 19.4. The molecule has 0 aliphatic heterocycles. The topological polar surface area (TPSA) is 49.8 Å². The van der Waals surface area contributed by atoms with Gasteiger partial charge < -0.3 is 10.6 Å². The Balaban J connectivity index is 1.97. The van der Waals surface area contributed by atoms with E-state index in [4.69, 9.17) is 0 Å². The minimum absolute atomic E-state index is 0.526. The van der Waals surface area contributed by atoms with Crippen LogP contribution in [-0.2, 0) is 6.18 Å². The van der Waals surface area contributed by atoms with Gasteiger partial charge in [-0.05, 0) is 30.7 Å². The zero-order valence-electron chi connectivity index (χ0n) is 12.8. The van der Waals surface area contributed by atoms with Gasteiger partial charge in [0.15, 0.2) is 0 Å². The number of aromatic nitrogens is 2. The third-order valence-corrected chi connectivity index (χ3v) is 3.24. The third-order valence-electron chi connectivity index (χ3n) is 3.24. The van der Waals surface area contributed by atoms with E-state index < -0.39 is 11.7 Å². The van der Waals surface area contributed by atoms with E-state index in [0.29, 0.717) is 17.3 Å². The molecule has 0 spiro atoms. The van der Waals surface area contributed by atoms with E-state index in [9.17, 15) is 13.2 Å². The molecule has 0 aliphatic rings. The minimum Gasteiger partial charge on any atom is -0.370 e. The SMILES string of the molecule is CCCCCNc1cc(Nc2ccc(C(F)(F)F)cc2)ncn1. The Bertz CT molecular complexity index is 611. The summed E-state index contributed by atoms with van der Waals surface area (Å²) in [6.45, 7) is 2.96. The Labute approximate surface area is 133 Å². The van der Waals surface area contributed by atoms with Crippen LogP contribution < -0.4 is 10.6 Å². The first-order valence-electron chi connectivity index (χ1n) is 7.49. The molecule has 2 aromatic rings. The van der Waals surface area contributed by atoms with E-state index >= 15 is 0 Å². The van der Waals surface area contributed by atoms with Crippen LogP contribution in [0.3, 0.4) is 0 Å². The molecule has 0 radical (unpaired) electrons. The van der Waals surface area contributed by atoms with Gasteiger partial charge in [-0.1, -0.05) is 19.8 Å². The van der Waals surface area contributed by atoms with Gasteiger partial charge in [0.1, 0.15) is 18.0 Å². The Morgan fingerprint density at radius 2 is 1.70 bits per heavy atom. The zero-order valence-corrected chi connectivity index (χ0v) is 12.8. The van der Waals surface area contributed by atoms with Crippen molar-refractivity contribution >= 4 is 17.3 Å². The molecule has 1 aromatic heterocycles. The maximum absolute atomic E-state index is 12.5. The summed E-state index contributed by atoms with van der Waals surface area (Å²) in [6.07, 6.45) is 0.431. The van der Waals surface area contributed by atoms with Crippen molar-refractivity contribution in [3.63, 3.8) is 0 Å². The highest BCUT2D eigenvalue weighted by Crippen LogP contribution is 2.30. The summed E-state index contributed by atoms with van der Waals surface area (Å²) >= 11 is 0. The van der Waals surface area contributed by atoms with Gasteiger partial charge in [0, 0.05) is 18.3 Å². The number of rotatable bonds is 7. The number of halogens is 3. The highest BCUT2D eigenvalue weighted by molar-refractivity contribution is 5.59. The first-order valence-corrected chi connectivity index (χ1v) is 7.49. The maximum Gasteiger partial charge on any atom is 0.416 e. The van der Waals surface area contributed by atoms with Crippen molar-refractivity contribution in [3.8, 4) is 0 Å². The largest absolute Gasteiger partial charge is 0.416 e. The summed E-state index contributed by atoms with van der Waals surface area (Å²) in [6, 6.07) is 6.54. The summed E-state index contributed by atoms with van der Waals surface area (Å²) in [5, 5.41) is 6.16. The second-order valence-corrected chi connectivity index (χ2v) is 5.12. The molecule has 1 aromatic carbocycles. The second-order valence-electron chi connectivity index (χ2n) is 5.12. The molecule has 1 heterocycles. The van der Waals surface area contributed by atoms with Gasteiger partial charge in [-0.2, -0.15) is 13.2 Å². The van der Waals surface area contributed by atoms with Crippen LogP contribution >= 0.6 is 0 Å². The van der Waals surface area contributed by atoms with Gasteiger partial charge in [-0.15, -0.1) is 0 Å². The molecule has 23 heavy (non-hydrogen) atoms. The molecule has 2 rings (SSSR count). The lowest BCUT2D eigenvalue weighted by atomic mass is 10.2. The van der Waals surface area contributed by atoms with Gasteiger partial charge in [0.25, 0.3) is 0 Å². The molecule has 124 valence electrons. The number of anilines is 3. The summed E-state index contributed by atoms with van der Waals surface area (Å²) in [5.74, 6) is 1.21. The number of hydrogen-bond donors (Lipinski definition) is 2. The fraction of sp³-hybridized carbons (Fsp3) is 0.375. The lowest BCUT2D eigenvalue weighted by Gasteiger charge is -2.10. The standard InChI is InChI=1S/C16H19F3N4/c1-2-3-4-9-20-14-10-15(22-11-21-14)23-13-7-5-12(6-8-13)16(17,18)19/h5-8,10-11H,2-4,9H2,1H3,(H2,20,21,22,23). The highest BCUT2D eigenvalue weighted by Gasteiger charge is 2.29. The zero-order chi connectivity index (χ0) is 16.7. The van der Waals surface area contributed by atoms with Crippen molar-refractivity contribution in [3.05, 3.63) is 42.2 Å². The van der Waals surface area contributed by atoms with E-state index in [2.05, 4.69) is 27.5 Å². The Morgan fingerprint density at radius 1 is 1.00 bits per heavy atom. The van der Waals surface area contributed by atoms with E-state index in [1.54, 1.807) is 6.07 Å². The lowest BCUT2D eigenvalue weighted by molar-refractivity contribution is -0.137. The number of benzene rings is 1. The quantitative estimate of drug-likeness (QED) is 0.716. The molecular formula is C16H19F3N4. The molecular weight excluding hydrogens is 305 g/mol. The Morgan fingerprint density at radius 3 is 2.35 bits per heavy atom. The second kappa shape index (κ2) is 7.80.